The lowest BCUT2D eigenvalue weighted by Gasteiger charge is -2.32. The molecule has 1 aliphatic heterocycles. The molecule has 33 heavy (non-hydrogen) atoms. The number of hydrazine groups is 1. The first-order chi connectivity index (χ1) is 15.7. The summed E-state index contributed by atoms with van der Waals surface area (Å²) in [7, 11) is 0. The Labute approximate surface area is 185 Å². The number of nitrogens with zero attached hydrogens (tertiary/aromatic N) is 2. The summed E-state index contributed by atoms with van der Waals surface area (Å²) in [6.45, 7) is -0.556. The molecule has 0 saturated heterocycles. The molecule has 0 spiro atoms. The molecule has 0 fully saturated rings. The van der Waals surface area contributed by atoms with Gasteiger partial charge in [-0.25, -0.2) is 14.2 Å². The van der Waals surface area contributed by atoms with Crippen LogP contribution in [0.1, 0.15) is 11.1 Å². The molecular weight excluding hydrogens is 441 g/mol. The third-order valence-electron chi connectivity index (χ3n) is 5.91. The number of aromatic nitrogens is 1. The zero-order chi connectivity index (χ0) is 23.4. The Morgan fingerprint density at radius 2 is 1.61 bits per heavy atom. The Balaban J connectivity index is 1.53. The smallest absolute Gasteiger partial charge is 0.375 e. The minimum Gasteiger partial charge on any atom is -0.375 e. The lowest BCUT2D eigenvalue weighted by Crippen LogP contribution is -2.45. The number of rotatable bonds is 4. The number of hydrogen-bond acceptors (Lipinski definition) is 3. The highest BCUT2D eigenvalue weighted by Gasteiger charge is 2.55. The van der Waals surface area contributed by atoms with E-state index < -0.39 is 30.0 Å². The van der Waals surface area contributed by atoms with Crippen molar-refractivity contribution in [2.24, 2.45) is 0 Å². The molecule has 2 N–H and O–H groups in total. The van der Waals surface area contributed by atoms with Crippen LogP contribution in [0.4, 0.5) is 33.3 Å². The summed E-state index contributed by atoms with van der Waals surface area (Å²) < 4.78 is 70.6. The van der Waals surface area contributed by atoms with Gasteiger partial charge in [-0.05, 0) is 71.8 Å². The van der Waals surface area contributed by atoms with Crippen LogP contribution in [0.3, 0.4) is 0 Å². The van der Waals surface area contributed by atoms with Crippen molar-refractivity contribution in [1.82, 2.24) is 9.99 Å². The summed E-state index contributed by atoms with van der Waals surface area (Å²) in [5, 5.41) is 13.0. The number of anilines is 2. The van der Waals surface area contributed by atoms with Gasteiger partial charge in [-0.2, -0.15) is 13.2 Å². The van der Waals surface area contributed by atoms with E-state index in [4.69, 9.17) is 0 Å². The van der Waals surface area contributed by atoms with Crippen molar-refractivity contribution in [3.05, 3.63) is 95.7 Å². The molecule has 1 aliphatic rings. The third kappa shape index (κ3) is 3.63. The molecule has 4 nitrogen and oxygen atoms in total. The topological polar surface area (TPSA) is 40.4 Å². The van der Waals surface area contributed by atoms with Gasteiger partial charge in [-0.3, -0.25) is 5.01 Å². The van der Waals surface area contributed by atoms with Crippen LogP contribution in [0.5, 0.6) is 0 Å². The van der Waals surface area contributed by atoms with Crippen LogP contribution < -0.4 is 10.4 Å². The van der Waals surface area contributed by atoms with Gasteiger partial charge in [0.15, 0.2) is 0 Å². The first kappa shape index (κ1) is 21.4. The van der Waals surface area contributed by atoms with Gasteiger partial charge in [0.05, 0.1) is 17.9 Å². The maximum Gasteiger partial charge on any atom is 0.423 e. The predicted molar refractivity (Wildman–Crippen MR) is 114 cm³/mol. The minimum absolute atomic E-state index is 0.236. The van der Waals surface area contributed by atoms with E-state index in [2.05, 4.69) is 5.43 Å². The highest BCUT2D eigenvalue weighted by Crippen LogP contribution is 2.43. The largest absolute Gasteiger partial charge is 0.423 e. The normalized spacial score (nSPS) is 15.6. The summed E-state index contributed by atoms with van der Waals surface area (Å²) in [5.74, 6) is -0.896. The molecule has 0 amide bonds. The summed E-state index contributed by atoms with van der Waals surface area (Å²) in [4.78, 5) is 0. The zero-order valence-corrected chi connectivity index (χ0v) is 17.1. The van der Waals surface area contributed by atoms with Crippen molar-refractivity contribution in [2.75, 3.05) is 5.01 Å². The Hall–Kier alpha value is -3.43. The average molecular weight is 459 g/mol. The van der Waals surface area contributed by atoms with Crippen molar-refractivity contribution in [2.45, 2.75) is 24.9 Å². The van der Waals surface area contributed by atoms with Crippen LogP contribution in [0.2, 0.25) is 0 Å². The van der Waals surface area contributed by atoms with E-state index in [1.165, 1.54) is 59.3 Å². The molecule has 3 aromatic carbocycles. The Kier molecular flexibility index (Phi) is 4.91. The fourth-order valence-electron chi connectivity index (χ4n) is 4.17. The van der Waals surface area contributed by atoms with Crippen LogP contribution in [0.15, 0.2) is 72.9 Å². The highest BCUT2D eigenvalue weighted by molar-refractivity contribution is 5.80. The molecule has 1 unspecified atom stereocenters. The molecule has 2 heterocycles. The molecule has 0 bridgehead atoms. The molecule has 170 valence electrons. The number of hydrogen-bond donors (Lipinski definition) is 2. The summed E-state index contributed by atoms with van der Waals surface area (Å²) in [6.07, 6.45) is -3.58. The monoisotopic (exact) mass is 459 g/mol. The van der Waals surface area contributed by atoms with Crippen molar-refractivity contribution in [3.63, 3.8) is 0 Å². The van der Waals surface area contributed by atoms with Crippen LogP contribution in [-0.2, 0) is 18.7 Å². The minimum atomic E-state index is -4.97. The van der Waals surface area contributed by atoms with E-state index >= 15 is 0 Å². The van der Waals surface area contributed by atoms with Crippen molar-refractivity contribution >= 4 is 22.3 Å². The number of alkyl halides is 3. The van der Waals surface area contributed by atoms with Crippen LogP contribution in [0, 0.1) is 11.6 Å². The quantitative estimate of drug-likeness (QED) is 0.395. The first-order valence-electron chi connectivity index (χ1n) is 10.1. The lowest BCUT2D eigenvalue weighted by atomic mass is 9.91. The van der Waals surface area contributed by atoms with E-state index in [0.717, 1.165) is 6.07 Å². The van der Waals surface area contributed by atoms with E-state index in [0.29, 0.717) is 27.8 Å². The Morgan fingerprint density at radius 1 is 0.879 bits per heavy atom. The van der Waals surface area contributed by atoms with Crippen LogP contribution in [0.25, 0.3) is 10.9 Å². The van der Waals surface area contributed by atoms with E-state index in [1.54, 1.807) is 17.1 Å². The van der Waals surface area contributed by atoms with Crippen molar-refractivity contribution in [3.8, 4) is 0 Å². The molecule has 0 radical (unpaired) electrons. The molecular formula is C24H18F5N3O. The van der Waals surface area contributed by atoms with Crippen LogP contribution >= 0.6 is 0 Å². The summed E-state index contributed by atoms with van der Waals surface area (Å²) >= 11 is 0. The van der Waals surface area contributed by atoms with E-state index in [1.807, 2.05) is 0 Å². The molecule has 0 aliphatic carbocycles. The molecule has 1 aromatic heterocycles. The van der Waals surface area contributed by atoms with Gasteiger partial charge in [0, 0.05) is 23.6 Å². The van der Waals surface area contributed by atoms with Gasteiger partial charge < -0.3 is 9.67 Å². The number of nitrogens with one attached hydrogen (secondary N) is 1. The van der Waals surface area contributed by atoms with E-state index in [-0.39, 0.29) is 12.1 Å². The molecule has 9 heteroatoms. The fourth-order valence-corrected chi connectivity index (χ4v) is 4.17. The molecule has 5 rings (SSSR count). The lowest BCUT2D eigenvalue weighted by molar-refractivity contribution is -0.271. The van der Waals surface area contributed by atoms with Gasteiger partial charge in [-0.15, -0.1) is 0 Å². The van der Waals surface area contributed by atoms with Crippen molar-refractivity contribution in [1.29, 1.82) is 0 Å². The highest BCUT2D eigenvalue weighted by atomic mass is 19.4. The average Bonchev–Trinajstić information content (AvgIpc) is 3.37. The molecule has 4 aromatic rings. The maximum atomic E-state index is 14.2. The number of benzene rings is 3. The number of halogens is 5. The number of aliphatic hydroxyl groups is 1. The second-order valence-electron chi connectivity index (χ2n) is 8.00. The first-order valence-corrected chi connectivity index (χ1v) is 10.1. The second kappa shape index (κ2) is 7.57. The third-order valence-corrected chi connectivity index (χ3v) is 5.91. The van der Waals surface area contributed by atoms with Gasteiger partial charge in [0.2, 0.25) is 5.60 Å². The van der Waals surface area contributed by atoms with Gasteiger partial charge in [0.1, 0.15) is 11.6 Å². The summed E-state index contributed by atoms with van der Waals surface area (Å²) in [6, 6.07) is 15.0. The maximum absolute atomic E-state index is 14.2. The Bertz CT molecular complexity index is 1330. The van der Waals surface area contributed by atoms with Crippen molar-refractivity contribution < 1.29 is 27.1 Å². The Morgan fingerprint density at radius 3 is 2.33 bits per heavy atom. The predicted octanol–water partition coefficient (Wildman–Crippen LogP) is 5.53. The molecule has 1 atom stereocenters. The van der Waals surface area contributed by atoms with Gasteiger partial charge in [0.25, 0.3) is 0 Å². The number of fused-ring (bicyclic) bond motifs is 2. The fraction of sp³-hybridized carbons (Fsp3) is 0.167. The standard InChI is InChI=1S/C24H18F5N3O/c25-18-2-5-20(6-3-18)32-22-7-1-17(11-16(22)13-30-32)23(33,24(27,28)29)14-31-10-9-15-12-19(26)4-8-21(15)31/h1-12,30,33H,13-14H2. The van der Waals surface area contributed by atoms with E-state index in [9.17, 15) is 27.1 Å². The molecule has 0 saturated carbocycles. The van der Waals surface area contributed by atoms with Gasteiger partial charge >= 0.3 is 6.18 Å². The van der Waals surface area contributed by atoms with Crippen LogP contribution in [-0.4, -0.2) is 15.8 Å². The summed E-state index contributed by atoms with van der Waals surface area (Å²) in [5.41, 5.74) is 1.74. The SMILES string of the molecule is OC(Cn1ccc2cc(F)ccc21)(c1ccc2c(c1)CNN2c1ccc(F)cc1)C(F)(F)F. The van der Waals surface area contributed by atoms with Gasteiger partial charge in [-0.1, -0.05) is 6.07 Å². The zero-order valence-electron chi connectivity index (χ0n) is 17.1. The second-order valence-corrected chi connectivity index (χ2v) is 8.00.